The van der Waals surface area contributed by atoms with Crippen molar-refractivity contribution in [2.24, 2.45) is 0 Å². The van der Waals surface area contributed by atoms with Gasteiger partial charge in [0.15, 0.2) is 0 Å². The van der Waals surface area contributed by atoms with Crippen LogP contribution in [0, 0.1) is 6.92 Å². The number of carbonyl (C=O) groups is 2. The number of ether oxygens (including phenoxy) is 2. The first kappa shape index (κ1) is 28.6. The number of aliphatic hydroxyl groups excluding tert-OH is 1. The van der Waals surface area contributed by atoms with Gasteiger partial charge >= 0.3 is 0 Å². The summed E-state index contributed by atoms with van der Waals surface area (Å²) < 4.78 is 11.5. The van der Waals surface area contributed by atoms with Gasteiger partial charge in [0.2, 0.25) is 0 Å². The van der Waals surface area contributed by atoms with Crippen LogP contribution in [0.2, 0.25) is 0 Å². The van der Waals surface area contributed by atoms with Crippen LogP contribution in [-0.4, -0.2) is 60.4 Å². The predicted octanol–water partition coefficient (Wildman–Crippen LogP) is 5.51. The van der Waals surface area contributed by atoms with Crippen LogP contribution >= 0.6 is 0 Å². The molecule has 0 saturated carbocycles. The normalized spacial score (nSPS) is 16.4. The Labute approximate surface area is 235 Å². The SMILES string of the molecule is C=CCOc1ccc(C2C(=C(O)c3ccc(OCc4cccc(C)c4)cc3)C(=O)C(=O)N2CCCN(C)C)cc1. The van der Waals surface area contributed by atoms with Crippen molar-refractivity contribution < 1.29 is 24.2 Å². The molecule has 1 atom stereocenters. The highest BCUT2D eigenvalue weighted by molar-refractivity contribution is 6.46. The van der Waals surface area contributed by atoms with E-state index < -0.39 is 17.7 Å². The van der Waals surface area contributed by atoms with Gasteiger partial charge in [-0.25, -0.2) is 0 Å². The Kier molecular flexibility index (Phi) is 9.40. The van der Waals surface area contributed by atoms with Crippen molar-refractivity contribution in [1.29, 1.82) is 0 Å². The minimum atomic E-state index is -0.715. The third-order valence-electron chi connectivity index (χ3n) is 6.72. The minimum Gasteiger partial charge on any atom is -0.507 e. The van der Waals surface area contributed by atoms with Crippen LogP contribution in [-0.2, 0) is 16.2 Å². The molecule has 3 aromatic rings. The van der Waals surface area contributed by atoms with E-state index in [2.05, 4.69) is 12.6 Å². The van der Waals surface area contributed by atoms with Crippen molar-refractivity contribution in [3.8, 4) is 11.5 Å². The van der Waals surface area contributed by atoms with E-state index in [0.717, 1.165) is 23.2 Å². The van der Waals surface area contributed by atoms with Crippen LogP contribution in [0.25, 0.3) is 5.76 Å². The highest BCUT2D eigenvalue weighted by Crippen LogP contribution is 2.40. The third-order valence-corrected chi connectivity index (χ3v) is 6.72. The average Bonchev–Trinajstić information content (AvgIpc) is 3.20. The van der Waals surface area contributed by atoms with Gasteiger partial charge in [-0.05, 0) is 81.5 Å². The molecule has 7 nitrogen and oxygen atoms in total. The van der Waals surface area contributed by atoms with Gasteiger partial charge in [0.25, 0.3) is 11.7 Å². The van der Waals surface area contributed by atoms with E-state index in [1.165, 1.54) is 0 Å². The number of hydrogen-bond acceptors (Lipinski definition) is 6. The summed E-state index contributed by atoms with van der Waals surface area (Å²) in [5.41, 5.74) is 3.44. The predicted molar refractivity (Wildman–Crippen MR) is 156 cm³/mol. The van der Waals surface area contributed by atoms with E-state index in [4.69, 9.17) is 9.47 Å². The zero-order valence-electron chi connectivity index (χ0n) is 23.3. The number of ketones is 1. The monoisotopic (exact) mass is 540 g/mol. The van der Waals surface area contributed by atoms with E-state index in [0.29, 0.717) is 43.2 Å². The molecule has 1 aliphatic rings. The molecule has 40 heavy (non-hydrogen) atoms. The Morgan fingerprint density at radius 1 is 1.00 bits per heavy atom. The second kappa shape index (κ2) is 13.1. The summed E-state index contributed by atoms with van der Waals surface area (Å²) in [6.45, 7) is 7.62. The number of carbonyl (C=O) groups excluding carboxylic acids is 2. The number of Topliss-reactive ketones (excluding diaryl/α,β-unsaturated/α-hetero) is 1. The summed E-state index contributed by atoms with van der Waals surface area (Å²) in [5, 5.41) is 11.4. The molecule has 1 saturated heterocycles. The maximum atomic E-state index is 13.3. The van der Waals surface area contributed by atoms with Gasteiger partial charge in [0, 0.05) is 12.1 Å². The summed E-state index contributed by atoms with van der Waals surface area (Å²) in [4.78, 5) is 30.1. The van der Waals surface area contributed by atoms with Crippen molar-refractivity contribution >= 4 is 17.4 Å². The van der Waals surface area contributed by atoms with Crippen LogP contribution in [0.1, 0.15) is 34.7 Å². The smallest absolute Gasteiger partial charge is 0.295 e. The van der Waals surface area contributed by atoms with Crippen molar-refractivity contribution in [2.75, 3.05) is 33.8 Å². The third kappa shape index (κ3) is 6.79. The van der Waals surface area contributed by atoms with E-state index in [1.807, 2.05) is 56.3 Å². The molecule has 0 bridgehead atoms. The van der Waals surface area contributed by atoms with Gasteiger partial charge in [-0.15, -0.1) is 0 Å². The summed E-state index contributed by atoms with van der Waals surface area (Å²) >= 11 is 0. The zero-order chi connectivity index (χ0) is 28.6. The van der Waals surface area contributed by atoms with Crippen molar-refractivity contribution in [3.63, 3.8) is 0 Å². The summed E-state index contributed by atoms with van der Waals surface area (Å²) in [5.74, 6) is -0.242. The number of amides is 1. The van der Waals surface area contributed by atoms with Gasteiger partial charge in [0.1, 0.15) is 30.5 Å². The molecule has 1 aliphatic heterocycles. The Balaban J connectivity index is 1.62. The molecule has 0 aliphatic carbocycles. The second-order valence-electron chi connectivity index (χ2n) is 10.1. The molecule has 208 valence electrons. The quantitative estimate of drug-likeness (QED) is 0.141. The zero-order valence-corrected chi connectivity index (χ0v) is 23.3. The maximum absolute atomic E-state index is 13.3. The first-order chi connectivity index (χ1) is 19.3. The number of aliphatic hydroxyl groups is 1. The van der Waals surface area contributed by atoms with Crippen LogP contribution in [0.4, 0.5) is 0 Å². The molecule has 1 heterocycles. The molecule has 1 fully saturated rings. The topological polar surface area (TPSA) is 79.3 Å². The molecule has 1 N–H and O–H groups in total. The number of hydrogen-bond donors (Lipinski definition) is 1. The fourth-order valence-corrected chi connectivity index (χ4v) is 4.75. The number of aryl methyl sites for hydroxylation is 1. The number of rotatable bonds is 12. The summed E-state index contributed by atoms with van der Waals surface area (Å²) in [6, 6.07) is 21.5. The molecule has 0 aromatic heterocycles. The number of nitrogens with zero attached hydrogens (tertiary/aromatic N) is 2. The first-order valence-electron chi connectivity index (χ1n) is 13.3. The Morgan fingerprint density at radius 2 is 1.68 bits per heavy atom. The van der Waals surface area contributed by atoms with E-state index in [9.17, 15) is 14.7 Å². The van der Waals surface area contributed by atoms with E-state index in [-0.39, 0.29) is 11.3 Å². The molecule has 4 rings (SSSR count). The molecular weight excluding hydrogens is 504 g/mol. The lowest BCUT2D eigenvalue weighted by Gasteiger charge is -2.26. The molecule has 1 amide bonds. The van der Waals surface area contributed by atoms with Crippen LogP contribution in [0.3, 0.4) is 0 Å². The Morgan fingerprint density at radius 3 is 2.33 bits per heavy atom. The number of likely N-dealkylation sites (tertiary alicyclic amines) is 1. The van der Waals surface area contributed by atoms with Crippen LogP contribution in [0.5, 0.6) is 11.5 Å². The minimum absolute atomic E-state index is 0.0723. The molecule has 0 radical (unpaired) electrons. The molecule has 7 heteroatoms. The van der Waals surface area contributed by atoms with Gasteiger partial charge in [0.05, 0.1) is 11.6 Å². The fourth-order valence-electron chi connectivity index (χ4n) is 4.75. The molecular formula is C33H36N2O5. The fraction of sp³-hybridized carbons (Fsp3) is 0.273. The first-order valence-corrected chi connectivity index (χ1v) is 13.3. The number of benzene rings is 3. The van der Waals surface area contributed by atoms with E-state index in [1.54, 1.807) is 47.4 Å². The average molecular weight is 541 g/mol. The van der Waals surface area contributed by atoms with E-state index >= 15 is 0 Å². The Bertz CT molecular complexity index is 1380. The molecule has 0 spiro atoms. The highest BCUT2D eigenvalue weighted by Gasteiger charge is 2.45. The molecule has 3 aromatic carbocycles. The van der Waals surface area contributed by atoms with Crippen molar-refractivity contribution in [3.05, 3.63) is 113 Å². The lowest BCUT2D eigenvalue weighted by Crippen LogP contribution is -2.32. The Hall–Kier alpha value is -4.36. The van der Waals surface area contributed by atoms with Crippen molar-refractivity contribution in [1.82, 2.24) is 9.80 Å². The largest absolute Gasteiger partial charge is 0.507 e. The standard InChI is InChI=1S/C33H36N2O5/c1-5-20-39-27-14-10-25(11-15-27)30-29(32(37)33(38)35(30)19-7-18-34(3)4)31(36)26-12-16-28(17-13-26)40-22-24-9-6-8-23(2)21-24/h5-6,8-17,21,30,36H,1,7,18-20,22H2,2-4H3. The lowest BCUT2D eigenvalue weighted by atomic mass is 9.95. The van der Waals surface area contributed by atoms with Crippen LogP contribution < -0.4 is 9.47 Å². The van der Waals surface area contributed by atoms with Crippen LogP contribution in [0.15, 0.2) is 91.0 Å². The second-order valence-corrected chi connectivity index (χ2v) is 10.1. The highest BCUT2D eigenvalue weighted by atomic mass is 16.5. The van der Waals surface area contributed by atoms with Gasteiger partial charge in [-0.2, -0.15) is 0 Å². The van der Waals surface area contributed by atoms with Gasteiger partial charge in [-0.1, -0.05) is 54.6 Å². The van der Waals surface area contributed by atoms with Gasteiger partial charge < -0.3 is 24.4 Å². The summed E-state index contributed by atoms with van der Waals surface area (Å²) in [7, 11) is 3.92. The van der Waals surface area contributed by atoms with Crippen molar-refractivity contribution in [2.45, 2.75) is 26.0 Å². The lowest BCUT2D eigenvalue weighted by molar-refractivity contribution is -0.139. The molecule has 1 unspecified atom stereocenters. The van der Waals surface area contributed by atoms with Gasteiger partial charge in [-0.3, -0.25) is 9.59 Å². The maximum Gasteiger partial charge on any atom is 0.295 e. The summed E-state index contributed by atoms with van der Waals surface area (Å²) in [6.07, 6.45) is 2.34.